The van der Waals surface area contributed by atoms with Crippen LogP contribution >= 0.6 is 22.9 Å². The minimum Gasteiger partial charge on any atom is -0.349 e. The van der Waals surface area contributed by atoms with Gasteiger partial charge in [0.1, 0.15) is 0 Å². The second kappa shape index (κ2) is 8.65. The number of nitrogens with zero attached hydrogens (tertiary/aromatic N) is 3. The van der Waals surface area contributed by atoms with Crippen LogP contribution in [0.3, 0.4) is 0 Å². The smallest absolute Gasteiger partial charge is 0.280 e. The van der Waals surface area contributed by atoms with Crippen LogP contribution in [0.4, 0.5) is 5.69 Å². The number of aryl methyl sites for hydroxylation is 3. The lowest BCUT2D eigenvalue weighted by molar-refractivity contribution is -0.123. The monoisotopic (exact) mass is 442 g/mol. The first kappa shape index (κ1) is 22.1. The van der Waals surface area contributed by atoms with Crippen molar-refractivity contribution in [3.8, 4) is 0 Å². The molecule has 0 saturated carbocycles. The van der Waals surface area contributed by atoms with E-state index in [1.54, 1.807) is 10.3 Å². The Kier molecular flexibility index (Phi) is 6.38. The molecule has 0 aliphatic carbocycles. The lowest BCUT2D eigenvalue weighted by atomic mass is 10.0. The van der Waals surface area contributed by atoms with Crippen LogP contribution in [0, 0.1) is 20.8 Å². The standard InChI is InChI=1S/C22H26N4O2S2/c1-13-10-14(2)18(15(3)11-13)26(21(28)16-12-30-25-24-16)19(17-8-7-9-29-17)20(27)23-22(4,5)6/h7-12,19H,1-6H3,(H,23,27). The van der Waals surface area contributed by atoms with Crippen LogP contribution in [0.5, 0.6) is 0 Å². The molecular weight excluding hydrogens is 416 g/mol. The van der Waals surface area contributed by atoms with Gasteiger partial charge in [-0.2, -0.15) is 0 Å². The first-order valence-electron chi connectivity index (χ1n) is 9.62. The Morgan fingerprint density at radius 1 is 1.13 bits per heavy atom. The average Bonchev–Trinajstić information content (AvgIpc) is 3.32. The molecule has 6 nitrogen and oxygen atoms in total. The first-order chi connectivity index (χ1) is 14.1. The minimum atomic E-state index is -0.821. The number of rotatable bonds is 5. The zero-order chi connectivity index (χ0) is 22.1. The summed E-state index contributed by atoms with van der Waals surface area (Å²) in [6, 6.07) is 7.00. The highest BCUT2D eigenvalue weighted by atomic mass is 32.1. The summed E-state index contributed by atoms with van der Waals surface area (Å²) in [6.07, 6.45) is 0. The van der Waals surface area contributed by atoms with Crippen LogP contribution in [0.2, 0.25) is 0 Å². The van der Waals surface area contributed by atoms with Crippen molar-refractivity contribution in [1.82, 2.24) is 14.9 Å². The maximum atomic E-state index is 13.7. The minimum absolute atomic E-state index is 0.226. The SMILES string of the molecule is Cc1cc(C)c(N(C(=O)c2csnn2)C(C(=O)NC(C)(C)C)c2cccs2)c(C)c1. The molecule has 0 saturated heterocycles. The Bertz CT molecular complexity index is 1010. The van der Waals surface area contributed by atoms with Crippen molar-refractivity contribution in [2.75, 3.05) is 4.90 Å². The molecular formula is C22H26N4O2S2. The first-order valence-corrected chi connectivity index (χ1v) is 11.3. The normalized spacial score (nSPS) is 12.5. The molecule has 1 atom stereocenters. The van der Waals surface area contributed by atoms with E-state index in [2.05, 4.69) is 14.9 Å². The number of benzene rings is 1. The molecule has 3 aromatic rings. The summed E-state index contributed by atoms with van der Waals surface area (Å²) in [5.41, 5.74) is 3.46. The summed E-state index contributed by atoms with van der Waals surface area (Å²) >= 11 is 2.56. The van der Waals surface area contributed by atoms with Crippen molar-refractivity contribution in [2.24, 2.45) is 0 Å². The number of aromatic nitrogens is 2. The molecule has 0 aliphatic heterocycles. The van der Waals surface area contributed by atoms with Gasteiger partial charge in [0.05, 0.1) is 5.69 Å². The van der Waals surface area contributed by atoms with Crippen LogP contribution in [0.15, 0.2) is 35.0 Å². The maximum Gasteiger partial charge on any atom is 0.280 e. The van der Waals surface area contributed by atoms with Gasteiger partial charge in [0, 0.05) is 15.8 Å². The topological polar surface area (TPSA) is 75.2 Å². The van der Waals surface area contributed by atoms with Crippen molar-refractivity contribution >= 4 is 40.4 Å². The van der Waals surface area contributed by atoms with E-state index in [4.69, 9.17) is 0 Å². The molecule has 158 valence electrons. The Morgan fingerprint density at radius 2 is 1.80 bits per heavy atom. The zero-order valence-corrected chi connectivity index (χ0v) is 19.6. The second-order valence-electron chi connectivity index (χ2n) is 8.37. The summed E-state index contributed by atoms with van der Waals surface area (Å²) in [6.45, 7) is 11.7. The molecule has 30 heavy (non-hydrogen) atoms. The summed E-state index contributed by atoms with van der Waals surface area (Å²) in [5.74, 6) is -0.581. The highest BCUT2D eigenvalue weighted by Gasteiger charge is 2.37. The van der Waals surface area contributed by atoms with Crippen LogP contribution in [0.1, 0.15) is 58.9 Å². The highest BCUT2D eigenvalue weighted by molar-refractivity contribution is 7.10. The van der Waals surface area contributed by atoms with Crippen molar-refractivity contribution in [3.63, 3.8) is 0 Å². The molecule has 8 heteroatoms. The third kappa shape index (κ3) is 4.76. The zero-order valence-electron chi connectivity index (χ0n) is 18.0. The van der Waals surface area contributed by atoms with Gasteiger partial charge in [-0.25, -0.2) is 0 Å². The Hall–Kier alpha value is -2.58. The van der Waals surface area contributed by atoms with Gasteiger partial charge < -0.3 is 5.32 Å². The van der Waals surface area contributed by atoms with E-state index in [1.165, 1.54) is 11.3 Å². The largest absolute Gasteiger partial charge is 0.349 e. The van der Waals surface area contributed by atoms with Gasteiger partial charge in [-0.15, -0.1) is 16.4 Å². The molecule has 0 radical (unpaired) electrons. The van der Waals surface area contributed by atoms with Gasteiger partial charge >= 0.3 is 0 Å². The van der Waals surface area contributed by atoms with Gasteiger partial charge in [-0.05, 0) is 75.6 Å². The predicted octanol–water partition coefficient (Wildman–Crippen LogP) is 4.83. The predicted molar refractivity (Wildman–Crippen MR) is 122 cm³/mol. The molecule has 0 fully saturated rings. The van der Waals surface area contributed by atoms with Crippen molar-refractivity contribution in [2.45, 2.75) is 53.1 Å². The van der Waals surface area contributed by atoms with Crippen molar-refractivity contribution in [1.29, 1.82) is 0 Å². The van der Waals surface area contributed by atoms with E-state index < -0.39 is 11.6 Å². The summed E-state index contributed by atoms with van der Waals surface area (Å²) < 4.78 is 3.85. The molecule has 1 N–H and O–H groups in total. The summed E-state index contributed by atoms with van der Waals surface area (Å²) in [5, 5.41) is 10.6. The van der Waals surface area contributed by atoms with Crippen LogP contribution in [0.25, 0.3) is 0 Å². The molecule has 2 aromatic heterocycles. The number of carbonyl (C=O) groups is 2. The highest BCUT2D eigenvalue weighted by Crippen LogP contribution is 2.36. The van der Waals surface area contributed by atoms with Crippen molar-refractivity contribution in [3.05, 3.63) is 62.3 Å². The number of nitrogens with one attached hydrogen (secondary N) is 1. The molecule has 3 rings (SSSR count). The van der Waals surface area contributed by atoms with Crippen LogP contribution in [-0.4, -0.2) is 26.9 Å². The Morgan fingerprint density at radius 3 is 2.30 bits per heavy atom. The van der Waals surface area contributed by atoms with E-state index >= 15 is 0 Å². The molecule has 1 unspecified atom stereocenters. The van der Waals surface area contributed by atoms with E-state index in [0.717, 1.165) is 38.8 Å². The summed E-state index contributed by atoms with van der Waals surface area (Å²) in [7, 11) is 0. The Balaban J connectivity index is 2.23. The molecule has 2 heterocycles. The summed E-state index contributed by atoms with van der Waals surface area (Å²) in [4.78, 5) is 29.5. The van der Waals surface area contributed by atoms with Gasteiger partial charge in [-0.3, -0.25) is 14.5 Å². The second-order valence-corrected chi connectivity index (χ2v) is 9.96. The van der Waals surface area contributed by atoms with Gasteiger partial charge in [0.15, 0.2) is 11.7 Å². The molecule has 1 aromatic carbocycles. The number of hydrogen-bond donors (Lipinski definition) is 1. The van der Waals surface area contributed by atoms with Crippen LogP contribution < -0.4 is 10.2 Å². The average molecular weight is 443 g/mol. The van der Waals surface area contributed by atoms with E-state index in [1.807, 2.05) is 71.2 Å². The van der Waals surface area contributed by atoms with Gasteiger partial charge in [-0.1, -0.05) is 28.3 Å². The third-order valence-electron chi connectivity index (χ3n) is 4.49. The maximum absolute atomic E-state index is 13.7. The van der Waals surface area contributed by atoms with Crippen LogP contribution in [-0.2, 0) is 4.79 Å². The van der Waals surface area contributed by atoms with E-state index in [-0.39, 0.29) is 17.5 Å². The Labute approximate surface area is 185 Å². The number of carbonyl (C=O) groups excluding carboxylic acids is 2. The van der Waals surface area contributed by atoms with Gasteiger partial charge in [0.25, 0.3) is 5.91 Å². The molecule has 0 spiro atoms. The fraction of sp³-hybridized carbons (Fsp3) is 0.364. The lowest BCUT2D eigenvalue weighted by Crippen LogP contribution is -2.49. The van der Waals surface area contributed by atoms with E-state index in [9.17, 15) is 9.59 Å². The quantitative estimate of drug-likeness (QED) is 0.614. The van der Waals surface area contributed by atoms with Crippen molar-refractivity contribution < 1.29 is 9.59 Å². The van der Waals surface area contributed by atoms with E-state index in [0.29, 0.717) is 0 Å². The fourth-order valence-electron chi connectivity index (χ4n) is 3.54. The lowest BCUT2D eigenvalue weighted by Gasteiger charge is -2.34. The number of thiophene rings is 1. The number of anilines is 1. The molecule has 2 amide bonds. The molecule has 0 aliphatic rings. The number of hydrogen-bond acceptors (Lipinski definition) is 6. The fourth-order valence-corrected chi connectivity index (χ4v) is 4.78. The number of amides is 2. The third-order valence-corrected chi connectivity index (χ3v) is 5.92. The molecule has 0 bridgehead atoms. The van der Waals surface area contributed by atoms with Gasteiger partial charge in [0.2, 0.25) is 5.91 Å².